The molecular formula is C10H10BrN3O. The molecule has 15 heavy (non-hydrogen) atoms. The summed E-state index contributed by atoms with van der Waals surface area (Å²) in [6.07, 6.45) is 1.89. The molecule has 1 heterocycles. The molecule has 0 bridgehead atoms. The average molecular weight is 268 g/mol. The number of phenolic OH excluding ortho intramolecular Hbond substituents is 1. The molecule has 1 aromatic heterocycles. The Morgan fingerprint density at radius 1 is 1.27 bits per heavy atom. The first kappa shape index (κ1) is 10.2. The summed E-state index contributed by atoms with van der Waals surface area (Å²) < 4.78 is 1.77. The summed E-state index contributed by atoms with van der Waals surface area (Å²) >= 11 is 3.32. The summed E-state index contributed by atoms with van der Waals surface area (Å²) in [6.45, 7) is 0.667. The standard InChI is InChI=1S/C10H10BrN3O/c11-5-9-7-14(13-12-9)6-8-1-3-10(15)4-2-8/h1-4,7,15H,5-6H2. The smallest absolute Gasteiger partial charge is 0.115 e. The average Bonchev–Trinajstić information content (AvgIpc) is 2.69. The minimum Gasteiger partial charge on any atom is -0.508 e. The maximum absolute atomic E-state index is 9.12. The van der Waals surface area contributed by atoms with Crippen LogP contribution >= 0.6 is 15.9 Å². The Morgan fingerprint density at radius 2 is 2.00 bits per heavy atom. The number of halogens is 1. The fourth-order valence-corrected chi connectivity index (χ4v) is 1.52. The van der Waals surface area contributed by atoms with Gasteiger partial charge in [-0.25, -0.2) is 4.68 Å². The van der Waals surface area contributed by atoms with Crippen molar-refractivity contribution in [3.8, 4) is 5.75 Å². The molecule has 2 aromatic rings. The van der Waals surface area contributed by atoms with Gasteiger partial charge >= 0.3 is 0 Å². The van der Waals surface area contributed by atoms with Crippen LogP contribution in [-0.4, -0.2) is 20.1 Å². The van der Waals surface area contributed by atoms with Crippen LogP contribution < -0.4 is 0 Å². The van der Waals surface area contributed by atoms with E-state index in [1.54, 1.807) is 16.8 Å². The van der Waals surface area contributed by atoms with Gasteiger partial charge in [-0.1, -0.05) is 33.3 Å². The van der Waals surface area contributed by atoms with Gasteiger partial charge in [0.1, 0.15) is 5.75 Å². The molecule has 0 unspecified atom stereocenters. The van der Waals surface area contributed by atoms with Crippen LogP contribution in [0.4, 0.5) is 0 Å². The van der Waals surface area contributed by atoms with Crippen molar-refractivity contribution in [2.45, 2.75) is 11.9 Å². The summed E-state index contributed by atoms with van der Waals surface area (Å²) in [7, 11) is 0. The molecule has 0 aliphatic rings. The number of nitrogens with zero attached hydrogens (tertiary/aromatic N) is 3. The van der Waals surface area contributed by atoms with Crippen LogP contribution in [0.3, 0.4) is 0 Å². The highest BCUT2D eigenvalue weighted by Gasteiger charge is 1.99. The molecule has 5 heteroatoms. The van der Waals surface area contributed by atoms with Gasteiger partial charge in [0.05, 0.1) is 12.2 Å². The summed E-state index contributed by atoms with van der Waals surface area (Å²) in [6, 6.07) is 7.06. The van der Waals surface area contributed by atoms with Crippen LogP contribution in [0.25, 0.3) is 0 Å². The van der Waals surface area contributed by atoms with Crippen molar-refractivity contribution in [3.05, 3.63) is 41.7 Å². The van der Waals surface area contributed by atoms with E-state index in [9.17, 15) is 0 Å². The van der Waals surface area contributed by atoms with E-state index in [0.29, 0.717) is 11.9 Å². The first-order chi connectivity index (χ1) is 7.28. The first-order valence-corrected chi connectivity index (χ1v) is 5.63. The van der Waals surface area contributed by atoms with Gasteiger partial charge < -0.3 is 5.11 Å². The number of phenols is 1. The molecule has 2 rings (SSSR count). The third kappa shape index (κ3) is 2.56. The normalized spacial score (nSPS) is 10.5. The highest BCUT2D eigenvalue weighted by Crippen LogP contribution is 2.10. The lowest BCUT2D eigenvalue weighted by Gasteiger charge is -2.00. The molecule has 0 radical (unpaired) electrons. The van der Waals surface area contributed by atoms with E-state index in [2.05, 4.69) is 26.2 Å². The maximum Gasteiger partial charge on any atom is 0.115 e. The Hall–Kier alpha value is -1.36. The quantitative estimate of drug-likeness (QED) is 0.865. The number of alkyl halides is 1. The van der Waals surface area contributed by atoms with Crippen LogP contribution in [0.2, 0.25) is 0 Å². The molecule has 1 aromatic carbocycles. The molecule has 78 valence electrons. The van der Waals surface area contributed by atoms with Crippen molar-refractivity contribution < 1.29 is 5.11 Å². The van der Waals surface area contributed by atoms with Gasteiger partial charge in [-0.3, -0.25) is 0 Å². The Balaban J connectivity index is 2.11. The number of benzene rings is 1. The summed E-state index contributed by atoms with van der Waals surface area (Å²) in [4.78, 5) is 0. The van der Waals surface area contributed by atoms with Crippen LogP contribution in [-0.2, 0) is 11.9 Å². The fraction of sp³-hybridized carbons (Fsp3) is 0.200. The van der Waals surface area contributed by atoms with Crippen molar-refractivity contribution in [2.75, 3.05) is 0 Å². The minimum atomic E-state index is 0.276. The van der Waals surface area contributed by atoms with Crippen molar-refractivity contribution >= 4 is 15.9 Å². The molecule has 1 N–H and O–H groups in total. The molecule has 0 spiro atoms. The maximum atomic E-state index is 9.12. The number of aromatic nitrogens is 3. The third-order valence-corrected chi connectivity index (χ3v) is 2.58. The largest absolute Gasteiger partial charge is 0.508 e. The predicted octanol–water partition coefficient (Wildman–Crippen LogP) is 1.93. The first-order valence-electron chi connectivity index (χ1n) is 4.51. The van der Waals surface area contributed by atoms with E-state index in [-0.39, 0.29) is 5.75 Å². The Morgan fingerprint density at radius 3 is 2.60 bits per heavy atom. The van der Waals surface area contributed by atoms with E-state index in [0.717, 1.165) is 11.3 Å². The molecule has 0 atom stereocenters. The lowest BCUT2D eigenvalue weighted by molar-refractivity contribution is 0.475. The van der Waals surface area contributed by atoms with E-state index in [1.807, 2.05) is 18.3 Å². The number of hydrogen-bond acceptors (Lipinski definition) is 3. The zero-order chi connectivity index (χ0) is 10.7. The summed E-state index contributed by atoms with van der Waals surface area (Å²) in [5.74, 6) is 0.276. The van der Waals surface area contributed by atoms with Gasteiger partial charge in [0.15, 0.2) is 0 Å². The van der Waals surface area contributed by atoms with Gasteiger partial charge in [0.25, 0.3) is 0 Å². The molecule has 0 fully saturated rings. The lowest BCUT2D eigenvalue weighted by Crippen LogP contribution is -1.99. The zero-order valence-corrected chi connectivity index (χ0v) is 9.55. The van der Waals surface area contributed by atoms with Crippen molar-refractivity contribution in [3.63, 3.8) is 0 Å². The predicted molar refractivity (Wildman–Crippen MR) is 59.9 cm³/mol. The van der Waals surface area contributed by atoms with Crippen LogP contribution in [0.1, 0.15) is 11.3 Å². The second kappa shape index (κ2) is 4.44. The second-order valence-electron chi connectivity index (χ2n) is 3.21. The highest BCUT2D eigenvalue weighted by molar-refractivity contribution is 9.08. The van der Waals surface area contributed by atoms with Crippen LogP contribution in [0, 0.1) is 0 Å². The highest BCUT2D eigenvalue weighted by atomic mass is 79.9. The Bertz CT molecular complexity index is 438. The zero-order valence-electron chi connectivity index (χ0n) is 7.97. The van der Waals surface area contributed by atoms with Crippen LogP contribution in [0.5, 0.6) is 5.75 Å². The molecule has 0 aliphatic carbocycles. The third-order valence-electron chi connectivity index (χ3n) is 2.00. The monoisotopic (exact) mass is 267 g/mol. The van der Waals surface area contributed by atoms with Crippen molar-refractivity contribution in [1.82, 2.24) is 15.0 Å². The Labute approximate surface area is 95.7 Å². The summed E-state index contributed by atoms with van der Waals surface area (Å²) in [5.41, 5.74) is 1.99. The van der Waals surface area contributed by atoms with E-state index in [4.69, 9.17) is 5.11 Å². The van der Waals surface area contributed by atoms with Gasteiger partial charge in [-0.05, 0) is 17.7 Å². The Kier molecular flexibility index (Phi) is 3.01. The lowest BCUT2D eigenvalue weighted by atomic mass is 10.2. The van der Waals surface area contributed by atoms with E-state index >= 15 is 0 Å². The topological polar surface area (TPSA) is 50.9 Å². The molecule has 4 nitrogen and oxygen atoms in total. The molecule has 0 aliphatic heterocycles. The van der Waals surface area contributed by atoms with Gasteiger partial charge in [0.2, 0.25) is 0 Å². The summed E-state index contributed by atoms with van der Waals surface area (Å²) in [5, 5.41) is 17.8. The minimum absolute atomic E-state index is 0.276. The van der Waals surface area contributed by atoms with E-state index < -0.39 is 0 Å². The number of hydrogen-bond donors (Lipinski definition) is 1. The van der Waals surface area contributed by atoms with Gasteiger partial charge in [-0.15, -0.1) is 5.10 Å². The van der Waals surface area contributed by atoms with Crippen molar-refractivity contribution in [2.24, 2.45) is 0 Å². The molecule has 0 saturated carbocycles. The SMILES string of the molecule is Oc1ccc(Cn2cc(CBr)nn2)cc1. The van der Waals surface area contributed by atoms with Gasteiger partial charge in [-0.2, -0.15) is 0 Å². The fourth-order valence-electron chi connectivity index (χ4n) is 1.27. The van der Waals surface area contributed by atoms with E-state index in [1.165, 1.54) is 0 Å². The van der Waals surface area contributed by atoms with Crippen molar-refractivity contribution in [1.29, 1.82) is 0 Å². The second-order valence-corrected chi connectivity index (χ2v) is 3.77. The molecule has 0 amide bonds. The number of aromatic hydroxyl groups is 1. The molecular weight excluding hydrogens is 258 g/mol. The number of rotatable bonds is 3. The van der Waals surface area contributed by atoms with Gasteiger partial charge in [0, 0.05) is 11.5 Å². The van der Waals surface area contributed by atoms with Crippen LogP contribution in [0.15, 0.2) is 30.5 Å². The molecule has 0 saturated heterocycles.